The lowest BCUT2D eigenvalue weighted by Crippen LogP contribution is -2.02. The zero-order valence-corrected chi connectivity index (χ0v) is 13.0. The standard InChI is InChI=1S/C15H11BrClFN2/c1-9-4-14(18)12(16)6-15(9)20-8-11-3-2-10(7-19)5-13(11)17/h2-6,20H,8H2,1H3. The van der Waals surface area contributed by atoms with E-state index in [4.69, 9.17) is 16.9 Å². The fourth-order valence-electron chi connectivity index (χ4n) is 1.79. The highest BCUT2D eigenvalue weighted by atomic mass is 79.9. The number of halogens is 3. The first-order valence-electron chi connectivity index (χ1n) is 5.89. The molecule has 20 heavy (non-hydrogen) atoms. The van der Waals surface area contributed by atoms with Crippen molar-refractivity contribution in [3.05, 3.63) is 62.3 Å². The maximum Gasteiger partial charge on any atom is 0.137 e. The van der Waals surface area contributed by atoms with Crippen LogP contribution in [0, 0.1) is 24.1 Å². The lowest BCUT2D eigenvalue weighted by Gasteiger charge is -2.12. The molecule has 0 spiro atoms. The van der Waals surface area contributed by atoms with E-state index in [1.807, 2.05) is 19.1 Å². The van der Waals surface area contributed by atoms with Crippen molar-refractivity contribution in [2.45, 2.75) is 13.5 Å². The van der Waals surface area contributed by atoms with Crippen LogP contribution in [0.25, 0.3) is 0 Å². The third-order valence-corrected chi connectivity index (χ3v) is 3.88. The first-order valence-corrected chi connectivity index (χ1v) is 7.06. The molecule has 1 N–H and O–H groups in total. The second-order valence-corrected chi connectivity index (χ2v) is 5.61. The van der Waals surface area contributed by atoms with Gasteiger partial charge in [-0.25, -0.2) is 4.39 Å². The van der Waals surface area contributed by atoms with Gasteiger partial charge in [0.2, 0.25) is 0 Å². The molecule has 0 fully saturated rings. The van der Waals surface area contributed by atoms with Crippen LogP contribution in [0.4, 0.5) is 10.1 Å². The summed E-state index contributed by atoms with van der Waals surface area (Å²) in [6.45, 7) is 2.34. The molecule has 2 rings (SSSR count). The average molecular weight is 354 g/mol. The summed E-state index contributed by atoms with van der Waals surface area (Å²) in [6.07, 6.45) is 0. The Kier molecular flexibility index (Phi) is 4.64. The molecule has 0 saturated carbocycles. The number of hydrogen-bond acceptors (Lipinski definition) is 2. The molecule has 0 bridgehead atoms. The van der Waals surface area contributed by atoms with E-state index in [2.05, 4.69) is 21.2 Å². The highest BCUT2D eigenvalue weighted by Crippen LogP contribution is 2.25. The molecule has 0 aliphatic rings. The van der Waals surface area contributed by atoms with Crippen LogP contribution >= 0.6 is 27.5 Å². The normalized spacial score (nSPS) is 10.2. The number of anilines is 1. The number of benzene rings is 2. The summed E-state index contributed by atoms with van der Waals surface area (Å²) in [4.78, 5) is 0. The summed E-state index contributed by atoms with van der Waals surface area (Å²) in [7, 11) is 0. The molecule has 0 saturated heterocycles. The molecule has 0 aliphatic carbocycles. The van der Waals surface area contributed by atoms with Gasteiger partial charge in [-0.2, -0.15) is 5.26 Å². The van der Waals surface area contributed by atoms with Gasteiger partial charge in [-0.05, 0) is 58.2 Å². The van der Waals surface area contributed by atoms with Crippen molar-refractivity contribution in [3.63, 3.8) is 0 Å². The maximum atomic E-state index is 13.3. The van der Waals surface area contributed by atoms with Crippen molar-refractivity contribution in [3.8, 4) is 6.07 Å². The van der Waals surface area contributed by atoms with Crippen molar-refractivity contribution in [1.29, 1.82) is 5.26 Å². The molecule has 5 heteroatoms. The second kappa shape index (κ2) is 6.25. The van der Waals surface area contributed by atoms with Gasteiger partial charge in [0.1, 0.15) is 5.82 Å². The Labute approximate surface area is 130 Å². The minimum Gasteiger partial charge on any atom is -0.381 e. The first kappa shape index (κ1) is 14.8. The van der Waals surface area contributed by atoms with E-state index in [0.717, 1.165) is 16.8 Å². The number of aryl methyl sites for hydroxylation is 1. The molecular weight excluding hydrogens is 343 g/mol. The molecule has 0 amide bonds. The van der Waals surface area contributed by atoms with Gasteiger partial charge in [-0.1, -0.05) is 17.7 Å². The largest absolute Gasteiger partial charge is 0.381 e. The summed E-state index contributed by atoms with van der Waals surface area (Å²) in [5, 5.41) is 12.5. The van der Waals surface area contributed by atoms with Gasteiger partial charge in [-0.3, -0.25) is 0 Å². The van der Waals surface area contributed by atoms with Crippen LogP contribution < -0.4 is 5.32 Å². The summed E-state index contributed by atoms with van der Waals surface area (Å²) in [5.41, 5.74) is 3.05. The molecule has 0 radical (unpaired) electrons. The summed E-state index contributed by atoms with van der Waals surface area (Å²) < 4.78 is 13.8. The molecule has 2 aromatic rings. The molecule has 2 nitrogen and oxygen atoms in total. The number of nitrogens with one attached hydrogen (secondary N) is 1. The van der Waals surface area contributed by atoms with E-state index in [-0.39, 0.29) is 5.82 Å². The Bertz CT molecular complexity index is 695. The lowest BCUT2D eigenvalue weighted by atomic mass is 10.1. The maximum absolute atomic E-state index is 13.3. The summed E-state index contributed by atoms with van der Waals surface area (Å²) >= 11 is 9.27. The first-order chi connectivity index (χ1) is 9.51. The Morgan fingerprint density at radius 2 is 2.10 bits per heavy atom. The van der Waals surface area contributed by atoms with E-state index in [9.17, 15) is 4.39 Å². The smallest absolute Gasteiger partial charge is 0.137 e. The van der Waals surface area contributed by atoms with E-state index in [1.54, 1.807) is 18.2 Å². The van der Waals surface area contributed by atoms with Gasteiger partial charge in [0, 0.05) is 17.3 Å². The zero-order valence-electron chi connectivity index (χ0n) is 10.7. The predicted octanol–water partition coefficient (Wildman–Crippen LogP) is 5.03. The quantitative estimate of drug-likeness (QED) is 0.839. The minimum atomic E-state index is -0.288. The fraction of sp³-hybridized carbons (Fsp3) is 0.133. The van der Waals surface area contributed by atoms with E-state index in [0.29, 0.717) is 21.6 Å². The topological polar surface area (TPSA) is 35.8 Å². The van der Waals surface area contributed by atoms with Crippen LogP contribution in [0.5, 0.6) is 0 Å². The fourth-order valence-corrected chi connectivity index (χ4v) is 2.38. The molecule has 2 aromatic carbocycles. The van der Waals surface area contributed by atoms with E-state index >= 15 is 0 Å². The molecular formula is C15H11BrClFN2. The average Bonchev–Trinajstić information content (AvgIpc) is 2.42. The van der Waals surface area contributed by atoms with Crippen molar-refractivity contribution in [1.82, 2.24) is 0 Å². The van der Waals surface area contributed by atoms with Crippen LogP contribution in [0.2, 0.25) is 5.02 Å². The highest BCUT2D eigenvalue weighted by molar-refractivity contribution is 9.10. The van der Waals surface area contributed by atoms with Crippen LogP contribution in [0.3, 0.4) is 0 Å². The molecule has 0 unspecified atom stereocenters. The van der Waals surface area contributed by atoms with Crippen molar-refractivity contribution < 1.29 is 4.39 Å². The Hall–Kier alpha value is -1.57. The zero-order chi connectivity index (χ0) is 14.7. The van der Waals surface area contributed by atoms with Gasteiger partial charge >= 0.3 is 0 Å². The monoisotopic (exact) mass is 352 g/mol. The van der Waals surface area contributed by atoms with Gasteiger partial charge in [0.05, 0.1) is 16.1 Å². The summed E-state index contributed by atoms with van der Waals surface area (Å²) in [5.74, 6) is -0.288. The van der Waals surface area contributed by atoms with E-state index < -0.39 is 0 Å². The molecule has 0 atom stereocenters. The van der Waals surface area contributed by atoms with E-state index in [1.165, 1.54) is 6.07 Å². The third kappa shape index (κ3) is 3.30. The van der Waals surface area contributed by atoms with Gasteiger partial charge < -0.3 is 5.32 Å². The van der Waals surface area contributed by atoms with Crippen molar-refractivity contribution in [2.75, 3.05) is 5.32 Å². The second-order valence-electron chi connectivity index (χ2n) is 4.35. The van der Waals surface area contributed by atoms with Crippen LogP contribution in [-0.4, -0.2) is 0 Å². The van der Waals surface area contributed by atoms with Crippen LogP contribution in [-0.2, 0) is 6.54 Å². The van der Waals surface area contributed by atoms with Crippen LogP contribution in [0.15, 0.2) is 34.8 Å². The lowest BCUT2D eigenvalue weighted by molar-refractivity contribution is 0.620. The number of rotatable bonds is 3. The minimum absolute atomic E-state index is 0.288. The number of nitrogens with zero attached hydrogens (tertiary/aromatic N) is 1. The molecule has 102 valence electrons. The van der Waals surface area contributed by atoms with Crippen molar-refractivity contribution >= 4 is 33.2 Å². The Morgan fingerprint density at radius 1 is 1.35 bits per heavy atom. The Morgan fingerprint density at radius 3 is 2.75 bits per heavy atom. The number of hydrogen-bond donors (Lipinski definition) is 1. The SMILES string of the molecule is Cc1cc(F)c(Br)cc1NCc1ccc(C#N)cc1Cl. The number of nitriles is 1. The molecule has 0 aliphatic heterocycles. The van der Waals surface area contributed by atoms with Gasteiger partial charge in [0.25, 0.3) is 0 Å². The van der Waals surface area contributed by atoms with Crippen molar-refractivity contribution in [2.24, 2.45) is 0 Å². The molecule has 0 heterocycles. The predicted molar refractivity (Wildman–Crippen MR) is 82.3 cm³/mol. The summed E-state index contributed by atoms with van der Waals surface area (Å²) in [6, 6.07) is 10.4. The highest BCUT2D eigenvalue weighted by Gasteiger charge is 2.06. The third-order valence-electron chi connectivity index (χ3n) is 2.92. The van der Waals surface area contributed by atoms with Gasteiger partial charge in [0.15, 0.2) is 0 Å². The van der Waals surface area contributed by atoms with Crippen LogP contribution in [0.1, 0.15) is 16.7 Å². The van der Waals surface area contributed by atoms with Gasteiger partial charge in [-0.15, -0.1) is 0 Å². The Balaban J connectivity index is 2.17. The molecule has 0 aromatic heterocycles.